The van der Waals surface area contributed by atoms with Gasteiger partial charge in [-0.3, -0.25) is 0 Å². The highest BCUT2D eigenvalue weighted by atomic mass is 35.5. The summed E-state index contributed by atoms with van der Waals surface area (Å²) in [6.45, 7) is 4.61. The van der Waals surface area contributed by atoms with Gasteiger partial charge < -0.3 is 4.90 Å². The van der Waals surface area contributed by atoms with Crippen molar-refractivity contribution in [2.24, 2.45) is 5.92 Å². The molecular formula is C10H18ClN3O2S2. The number of rotatable bonds is 6. The third-order valence-corrected chi connectivity index (χ3v) is 5.46. The van der Waals surface area contributed by atoms with E-state index in [1.807, 2.05) is 32.8 Å². The van der Waals surface area contributed by atoms with Gasteiger partial charge in [-0.15, -0.1) is 0 Å². The number of nitrogens with one attached hydrogen (secondary N) is 1. The molecule has 8 heteroatoms. The van der Waals surface area contributed by atoms with Gasteiger partial charge in [0, 0.05) is 12.6 Å². The molecule has 1 atom stereocenters. The van der Waals surface area contributed by atoms with E-state index in [9.17, 15) is 8.42 Å². The maximum Gasteiger partial charge on any atom is 0.252 e. The maximum atomic E-state index is 12.1. The van der Waals surface area contributed by atoms with Crippen LogP contribution in [0.5, 0.6) is 0 Å². The van der Waals surface area contributed by atoms with E-state index in [4.69, 9.17) is 11.6 Å². The van der Waals surface area contributed by atoms with Crippen LogP contribution in [0, 0.1) is 5.92 Å². The Morgan fingerprint density at radius 3 is 2.50 bits per heavy atom. The van der Waals surface area contributed by atoms with Crippen molar-refractivity contribution in [2.45, 2.75) is 24.1 Å². The summed E-state index contributed by atoms with van der Waals surface area (Å²) in [4.78, 5) is 5.70. The highest BCUT2D eigenvalue weighted by molar-refractivity contribution is 7.91. The molecule has 1 aromatic heterocycles. The first-order valence-electron chi connectivity index (χ1n) is 5.50. The second-order valence-electron chi connectivity index (χ2n) is 4.67. The van der Waals surface area contributed by atoms with Gasteiger partial charge in [0.25, 0.3) is 10.0 Å². The van der Waals surface area contributed by atoms with Crippen molar-refractivity contribution >= 4 is 33.0 Å². The molecule has 0 bridgehead atoms. The normalized spacial score (nSPS) is 14.4. The van der Waals surface area contributed by atoms with E-state index in [1.165, 1.54) is 6.20 Å². The second-order valence-corrected chi connectivity index (χ2v) is 8.22. The lowest BCUT2D eigenvalue weighted by Crippen LogP contribution is -2.44. The zero-order chi connectivity index (χ0) is 13.9. The highest BCUT2D eigenvalue weighted by Crippen LogP contribution is 2.22. The predicted molar refractivity (Wildman–Crippen MR) is 74.6 cm³/mol. The maximum absolute atomic E-state index is 12.1. The smallest absolute Gasteiger partial charge is 0.252 e. The van der Waals surface area contributed by atoms with Crippen molar-refractivity contribution < 1.29 is 8.42 Å². The largest absolute Gasteiger partial charge is 0.308 e. The van der Waals surface area contributed by atoms with Crippen molar-refractivity contribution in [3.63, 3.8) is 0 Å². The molecule has 0 aliphatic carbocycles. The molecule has 1 unspecified atom stereocenters. The summed E-state index contributed by atoms with van der Waals surface area (Å²) in [6.07, 6.45) is 1.28. The van der Waals surface area contributed by atoms with Crippen LogP contribution in [0.25, 0.3) is 0 Å². The molecule has 1 heterocycles. The van der Waals surface area contributed by atoms with E-state index in [-0.39, 0.29) is 20.6 Å². The van der Waals surface area contributed by atoms with Gasteiger partial charge in [-0.05, 0) is 20.0 Å². The van der Waals surface area contributed by atoms with Crippen molar-refractivity contribution in [1.82, 2.24) is 14.6 Å². The number of aromatic nitrogens is 1. The van der Waals surface area contributed by atoms with Crippen molar-refractivity contribution in [3.8, 4) is 0 Å². The fourth-order valence-electron chi connectivity index (χ4n) is 1.40. The van der Waals surface area contributed by atoms with Crippen LogP contribution < -0.4 is 4.72 Å². The second kappa shape index (κ2) is 6.29. The third-order valence-electron chi connectivity index (χ3n) is 2.39. The van der Waals surface area contributed by atoms with Crippen molar-refractivity contribution in [1.29, 1.82) is 0 Å². The summed E-state index contributed by atoms with van der Waals surface area (Å²) in [5, 5.41) is 0. The molecule has 1 N–H and O–H groups in total. The average Bonchev–Trinajstić information content (AvgIpc) is 2.63. The quantitative estimate of drug-likeness (QED) is 0.868. The first-order valence-corrected chi connectivity index (χ1v) is 8.18. The summed E-state index contributed by atoms with van der Waals surface area (Å²) in [5.74, 6) is 0.200. The zero-order valence-electron chi connectivity index (χ0n) is 10.8. The summed E-state index contributed by atoms with van der Waals surface area (Å²) < 4.78 is 27.3. The molecule has 1 rings (SSSR count). The van der Waals surface area contributed by atoms with Crippen LogP contribution in [-0.2, 0) is 10.0 Å². The number of thiazole rings is 1. The summed E-state index contributed by atoms with van der Waals surface area (Å²) in [7, 11) is 0.286. The van der Waals surface area contributed by atoms with Crippen LogP contribution in [0.3, 0.4) is 0 Å². The highest BCUT2D eigenvalue weighted by Gasteiger charge is 2.24. The molecule has 0 fully saturated rings. The molecular weight excluding hydrogens is 294 g/mol. The molecule has 0 saturated heterocycles. The van der Waals surface area contributed by atoms with Gasteiger partial charge in [-0.1, -0.05) is 36.8 Å². The first-order chi connectivity index (χ1) is 8.22. The molecule has 0 aromatic carbocycles. The number of hydrogen-bond donors (Lipinski definition) is 1. The van der Waals surface area contributed by atoms with Gasteiger partial charge in [0.15, 0.2) is 8.68 Å². The average molecular weight is 312 g/mol. The van der Waals surface area contributed by atoms with Crippen LogP contribution in [-0.4, -0.2) is 45.0 Å². The van der Waals surface area contributed by atoms with Crippen LogP contribution >= 0.6 is 22.9 Å². The SMILES string of the molecule is CC(C)C(CN(C)C)NS(=O)(=O)c1cnc(Cl)s1. The van der Waals surface area contributed by atoms with Crippen molar-refractivity contribution in [2.75, 3.05) is 20.6 Å². The number of halogens is 1. The Morgan fingerprint density at radius 2 is 2.11 bits per heavy atom. The van der Waals surface area contributed by atoms with E-state index in [0.717, 1.165) is 11.3 Å². The fraction of sp³-hybridized carbons (Fsp3) is 0.700. The predicted octanol–water partition coefficient (Wildman–Crippen LogP) is 1.66. The van der Waals surface area contributed by atoms with E-state index in [0.29, 0.717) is 6.54 Å². The molecule has 5 nitrogen and oxygen atoms in total. The Labute approximate surface area is 117 Å². The zero-order valence-corrected chi connectivity index (χ0v) is 13.2. The molecule has 0 spiro atoms. The third kappa shape index (κ3) is 4.47. The Kier molecular flexibility index (Phi) is 5.54. The lowest BCUT2D eigenvalue weighted by Gasteiger charge is -2.24. The van der Waals surface area contributed by atoms with Gasteiger partial charge in [-0.25, -0.2) is 18.1 Å². The molecule has 0 aliphatic heterocycles. The van der Waals surface area contributed by atoms with Crippen LogP contribution in [0.15, 0.2) is 10.4 Å². The molecule has 104 valence electrons. The molecule has 0 saturated carbocycles. The van der Waals surface area contributed by atoms with Gasteiger partial charge in [0.2, 0.25) is 0 Å². The number of hydrogen-bond acceptors (Lipinski definition) is 5. The van der Waals surface area contributed by atoms with Crippen LogP contribution in [0.4, 0.5) is 0 Å². The van der Waals surface area contributed by atoms with Crippen molar-refractivity contribution in [3.05, 3.63) is 10.7 Å². The van der Waals surface area contributed by atoms with E-state index >= 15 is 0 Å². The standard InChI is InChI=1S/C10H18ClN3O2S2/c1-7(2)8(6-14(3)4)13-18(15,16)9-5-12-10(11)17-9/h5,7-8,13H,6H2,1-4H3. The fourth-order valence-corrected chi connectivity index (χ4v) is 4.08. The van der Waals surface area contributed by atoms with E-state index in [1.54, 1.807) is 0 Å². The Balaban J connectivity index is 2.86. The number of likely N-dealkylation sites (N-methyl/N-ethyl adjacent to an activating group) is 1. The molecule has 18 heavy (non-hydrogen) atoms. The minimum Gasteiger partial charge on any atom is -0.308 e. The summed E-state index contributed by atoms with van der Waals surface area (Å²) >= 11 is 6.61. The molecule has 0 aliphatic rings. The Bertz CT molecular complexity index is 485. The van der Waals surface area contributed by atoms with Crippen LogP contribution in [0.1, 0.15) is 13.8 Å². The van der Waals surface area contributed by atoms with E-state index in [2.05, 4.69) is 9.71 Å². The summed E-state index contributed by atoms with van der Waals surface area (Å²) in [6, 6.07) is -0.147. The monoisotopic (exact) mass is 311 g/mol. The van der Waals surface area contributed by atoms with E-state index < -0.39 is 10.0 Å². The topological polar surface area (TPSA) is 62.3 Å². The van der Waals surface area contributed by atoms with Gasteiger partial charge in [-0.2, -0.15) is 0 Å². The molecule has 0 radical (unpaired) electrons. The lowest BCUT2D eigenvalue weighted by molar-refractivity contribution is 0.314. The number of sulfonamides is 1. The van der Waals surface area contributed by atoms with Gasteiger partial charge >= 0.3 is 0 Å². The lowest BCUT2D eigenvalue weighted by atomic mass is 10.1. The first kappa shape index (κ1) is 15.8. The summed E-state index contributed by atoms with van der Waals surface area (Å²) in [5.41, 5.74) is 0. The number of nitrogens with zero attached hydrogens (tertiary/aromatic N) is 2. The van der Waals surface area contributed by atoms with Gasteiger partial charge in [0.05, 0.1) is 6.20 Å². The Morgan fingerprint density at radius 1 is 1.50 bits per heavy atom. The molecule has 1 aromatic rings. The minimum atomic E-state index is -3.53. The van der Waals surface area contributed by atoms with Gasteiger partial charge in [0.1, 0.15) is 0 Å². The van der Waals surface area contributed by atoms with Crippen LogP contribution in [0.2, 0.25) is 4.47 Å². The minimum absolute atomic E-state index is 0.147. The Hall–Kier alpha value is -0.210. The molecule has 0 amide bonds.